The number of carbonyl (C=O) groups excluding carboxylic acids is 1. The number of hydrogen-bond donors (Lipinski definition) is 0. The normalized spacial score (nSPS) is 10.8. The molecule has 3 rings (SSSR count). The Kier molecular flexibility index (Phi) is 4.62. The van der Waals surface area contributed by atoms with Gasteiger partial charge in [0.15, 0.2) is 5.65 Å². The van der Waals surface area contributed by atoms with Crippen molar-refractivity contribution in [1.82, 2.24) is 14.8 Å². The molecule has 0 saturated heterocycles. The SMILES string of the molecule is C=C(Cl)COC(=O)c1cc(-c2ccccc2)nc2c1cnn2CC. The second-order valence-electron chi connectivity index (χ2n) is 5.21. The van der Waals surface area contributed by atoms with Crippen molar-refractivity contribution in [2.75, 3.05) is 6.61 Å². The number of nitrogens with zero attached hydrogens (tertiary/aromatic N) is 3. The number of fused-ring (bicyclic) bond motifs is 1. The molecule has 0 fully saturated rings. The Balaban J connectivity index is 2.14. The third-order valence-electron chi connectivity index (χ3n) is 3.56. The van der Waals surface area contributed by atoms with E-state index in [0.717, 1.165) is 5.56 Å². The Bertz CT molecular complexity index is 903. The zero-order valence-electron chi connectivity index (χ0n) is 13.2. The molecule has 3 aromatic rings. The van der Waals surface area contributed by atoms with Gasteiger partial charge in [0, 0.05) is 17.1 Å². The van der Waals surface area contributed by atoms with E-state index in [2.05, 4.69) is 16.7 Å². The molecule has 0 aliphatic heterocycles. The molecule has 0 N–H and O–H groups in total. The molecule has 0 aliphatic carbocycles. The first-order valence-corrected chi connectivity index (χ1v) is 7.90. The summed E-state index contributed by atoms with van der Waals surface area (Å²) in [7, 11) is 0. The van der Waals surface area contributed by atoms with Crippen LogP contribution in [0.15, 0.2) is 54.2 Å². The summed E-state index contributed by atoms with van der Waals surface area (Å²) in [5.41, 5.74) is 2.67. The van der Waals surface area contributed by atoms with Gasteiger partial charge in [-0.05, 0) is 13.0 Å². The lowest BCUT2D eigenvalue weighted by molar-refractivity contribution is 0.0548. The van der Waals surface area contributed by atoms with E-state index >= 15 is 0 Å². The second-order valence-corrected chi connectivity index (χ2v) is 5.75. The van der Waals surface area contributed by atoms with Crippen molar-refractivity contribution >= 4 is 28.6 Å². The van der Waals surface area contributed by atoms with E-state index in [4.69, 9.17) is 16.3 Å². The number of halogens is 1. The van der Waals surface area contributed by atoms with Gasteiger partial charge in [-0.3, -0.25) is 0 Å². The lowest BCUT2D eigenvalue weighted by Crippen LogP contribution is -2.08. The summed E-state index contributed by atoms with van der Waals surface area (Å²) in [6.07, 6.45) is 1.63. The fourth-order valence-electron chi connectivity index (χ4n) is 2.43. The lowest BCUT2D eigenvalue weighted by atomic mass is 10.1. The highest BCUT2D eigenvalue weighted by Gasteiger charge is 2.18. The van der Waals surface area contributed by atoms with E-state index in [1.54, 1.807) is 16.9 Å². The number of pyridine rings is 1. The summed E-state index contributed by atoms with van der Waals surface area (Å²) in [6, 6.07) is 11.4. The van der Waals surface area contributed by atoms with Gasteiger partial charge < -0.3 is 4.74 Å². The first kappa shape index (κ1) is 16.2. The molecule has 24 heavy (non-hydrogen) atoms. The van der Waals surface area contributed by atoms with E-state index in [0.29, 0.717) is 28.8 Å². The minimum absolute atomic E-state index is 0.0349. The average molecular weight is 342 g/mol. The number of carbonyl (C=O) groups is 1. The number of aromatic nitrogens is 3. The highest BCUT2D eigenvalue weighted by Crippen LogP contribution is 2.25. The minimum atomic E-state index is -0.475. The predicted octanol–water partition coefficient (Wildman–Crippen LogP) is 4.03. The van der Waals surface area contributed by atoms with Crippen LogP contribution in [0, 0.1) is 0 Å². The van der Waals surface area contributed by atoms with Crippen LogP contribution < -0.4 is 0 Å². The molecule has 5 nitrogen and oxygen atoms in total. The van der Waals surface area contributed by atoms with Crippen LogP contribution in [0.25, 0.3) is 22.3 Å². The maximum absolute atomic E-state index is 12.5. The first-order chi connectivity index (χ1) is 11.6. The molecule has 0 spiro atoms. The fraction of sp³-hybridized carbons (Fsp3) is 0.167. The number of hydrogen-bond acceptors (Lipinski definition) is 4. The largest absolute Gasteiger partial charge is 0.456 e. The Hall–Kier alpha value is -2.66. The van der Waals surface area contributed by atoms with Gasteiger partial charge in [-0.25, -0.2) is 14.5 Å². The minimum Gasteiger partial charge on any atom is -0.456 e. The van der Waals surface area contributed by atoms with E-state index in [-0.39, 0.29) is 11.6 Å². The molecule has 0 radical (unpaired) electrons. The molecule has 1 aromatic carbocycles. The molecule has 0 atom stereocenters. The van der Waals surface area contributed by atoms with Gasteiger partial charge in [0.2, 0.25) is 0 Å². The molecule has 6 heteroatoms. The number of aryl methyl sites for hydroxylation is 1. The molecule has 122 valence electrons. The summed E-state index contributed by atoms with van der Waals surface area (Å²) in [6.45, 7) is 6.12. The number of benzene rings is 1. The molecule has 2 heterocycles. The zero-order chi connectivity index (χ0) is 17.1. The Labute approximate surface area is 144 Å². The maximum Gasteiger partial charge on any atom is 0.339 e. The van der Waals surface area contributed by atoms with Crippen molar-refractivity contribution in [2.45, 2.75) is 13.5 Å². The van der Waals surface area contributed by atoms with Gasteiger partial charge in [0.25, 0.3) is 0 Å². The van der Waals surface area contributed by atoms with Crippen molar-refractivity contribution in [2.24, 2.45) is 0 Å². The molecular formula is C18H16ClN3O2. The Morgan fingerprint density at radius 1 is 1.33 bits per heavy atom. The topological polar surface area (TPSA) is 57.0 Å². The van der Waals surface area contributed by atoms with Crippen molar-refractivity contribution in [3.63, 3.8) is 0 Å². The van der Waals surface area contributed by atoms with Gasteiger partial charge in [-0.1, -0.05) is 48.5 Å². The molecule has 2 aromatic heterocycles. The van der Waals surface area contributed by atoms with Crippen molar-refractivity contribution in [1.29, 1.82) is 0 Å². The van der Waals surface area contributed by atoms with Crippen LogP contribution in [0.3, 0.4) is 0 Å². The van der Waals surface area contributed by atoms with Crippen LogP contribution in [-0.4, -0.2) is 27.3 Å². The molecule has 0 bridgehead atoms. The van der Waals surface area contributed by atoms with Crippen LogP contribution in [-0.2, 0) is 11.3 Å². The van der Waals surface area contributed by atoms with Crippen LogP contribution in [0.2, 0.25) is 0 Å². The summed E-state index contributed by atoms with van der Waals surface area (Å²) in [5.74, 6) is -0.475. The average Bonchev–Trinajstić information content (AvgIpc) is 3.02. The quantitative estimate of drug-likeness (QED) is 0.657. The number of rotatable bonds is 5. The fourth-order valence-corrected chi connectivity index (χ4v) is 2.48. The summed E-state index contributed by atoms with van der Waals surface area (Å²) in [4.78, 5) is 17.1. The monoisotopic (exact) mass is 341 g/mol. The molecular weight excluding hydrogens is 326 g/mol. The lowest BCUT2D eigenvalue weighted by Gasteiger charge is -2.08. The number of esters is 1. The van der Waals surface area contributed by atoms with Crippen LogP contribution >= 0.6 is 11.6 Å². The zero-order valence-corrected chi connectivity index (χ0v) is 14.0. The summed E-state index contributed by atoms with van der Waals surface area (Å²) < 4.78 is 6.95. The van der Waals surface area contributed by atoms with E-state index in [9.17, 15) is 4.79 Å². The van der Waals surface area contributed by atoms with Crippen molar-refractivity contribution < 1.29 is 9.53 Å². The molecule has 0 amide bonds. The summed E-state index contributed by atoms with van der Waals surface area (Å²) in [5, 5.41) is 5.21. The van der Waals surface area contributed by atoms with Crippen molar-refractivity contribution in [3.05, 3.63) is 59.8 Å². The van der Waals surface area contributed by atoms with Crippen LogP contribution in [0.4, 0.5) is 0 Å². The number of ether oxygens (including phenoxy) is 1. The first-order valence-electron chi connectivity index (χ1n) is 7.52. The highest BCUT2D eigenvalue weighted by molar-refractivity contribution is 6.29. The predicted molar refractivity (Wildman–Crippen MR) is 93.9 cm³/mol. The highest BCUT2D eigenvalue weighted by atomic mass is 35.5. The third-order valence-corrected chi connectivity index (χ3v) is 3.67. The standard InChI is InChI=1S/C18H16ClN3O2/c1-3-22-17-15(10-20-22)14(18(23)24-11-12(2)19)9-16(21-17)13-7-5-4-6-8-13/h4-10H,2-3,11H2,1H3. The van der Waals surface area contributed by atoms with Crippen LogP contribution in [0.1, 0.15) is 17.3 Å². The molecule has 0 saturated carbocycles. The molecule has 0 aliphatic rings. The third kappa shape index (κ3) is 3.16. The molecule has 0 unspecified atom stereocenters. The Morgan fingerprint density at radius 2 is 2.08 bits per heavy atom. The van der Waals surface area contributed by atoms with E-state index < -0.39 is 5.97 Å². The van der Waals surface area contributed by atoms with Crippen LogP contribution in [0.5, 0.6) is 0 Å². The van der Waals surface area contributed by atoms with Gasteiger partial charge in [0.1, 0.15) is 6.61 Å². The maximum atomic E-state index is 12.5. The van der Waals surface area contributed by atoms with Crippen molar-refractivity contribution in [3.8, 4) is 11.3 Å². The smallest absolute Gasteiger partial charge is 0.339 e. The van der Waals surface area contributed by atoms with Gasteiger partial charge in [-0.15, -0.1) is 0 Å². The van der Waals surface area contributed by atoms with E-state index in [1.807, 2.05) is 37.3 Å². The summed E-state index contributed by atoms with van der Waals surface area (Å²) >= 11 is 5.68. The van der Waals surface area contributed by atoms with Gasteiger partial charge in [0.05, 0.1) is 22.8 Å². The Morgan fingerprint density at radius 3 is 2.75 bits per heavy atom. The van der Waals surface area contributed by atoms with Gasteiger partial charge >= 0.3 is 5.97 Å². The second kappa shape index (κ2) is 6.84. The van der Waals surface area contributed by atoms with E-state index in [1.165, 1.54) is 0 Å². The van der Waals surface area contributed by atoms with Gasteiger partial charge in [-0.2, -0.15) is 5.10 Å².